The minimum Gasteiger partial charge on any atom is -0.375 e. The lowest BCUT2D eigenvalue weighted by Gasteiger charge is -2.09. The van der Waals surface area contributed by atoms with E-state index in [0.29, 0.717) is 11.6 Å². The molecule has 19 heavy (non-hydrogen) atoms. The van der Waals surface area contributed by atoms with Gasteiger partial charge < -0.3 is 15.6 Å². The Morgan fingerprint density at radius 2 is 2.11 bits per heavy atom. The molecule has 0 aromatic carbocycles. The second kappa shape index (κ2) is 4.51. The molecule has 3 aromatic rings. The summed E-state index contributed by atoms with van der Waals surface area (Å²) in [6.45, 7) is 0. The Morgan fingerprint density at radius 1 is 1.26 bits per heavy atom. The predicted octanol–water partition coefficient (Wildman–Crippen LogP) is 1.65. The molecule has 98 valence electrons. The van der Waals surface area contributed by atoms with E-state index in [2.05, 4.69) is 19.9 Å². The molecular weight excluding hydrogens is 260 g/mol. The maximum Gasteiger partial charge on any atom is 0.180 e. The highest BCUT2D eigenvalue weighted by Crippen LogP contribution is 2.17. The quantitative estimate of drug-likeness (QED) is 0.758. The number of anilines is 2. The van der Waals surface area contributed by atoms with Crippen LogP contribution in [-0.2, 0) is 6.42 Å². The van der Waals surface area contributed by atoms with E-state index in [1.54, 1.807) is 0 Å². The molecule has 0 aliphatic carbocycles. The number of thiazole rings is 1. The highest BCUT2D eigenvalue weighted by atomic mass is 32.1. The van der Waals surface area contributed by atoms with Crippen molar-refractivity contribution >= 4 is 33.5 Å². The molecule has 0 unspecified atom stereocenters. The largest absolute Gasteiger partial charge is 0.375 e. The van der Waals surface area contributed by atoms with E-state index < -0.39 is 0 Å². The number of nitrogens with zero attached hydrogens (tertiary/aromatic N) is 4. The minimum absolute atomic E-state index is 0.583. The van der Waals surface area contributed by atoms with Crippen molar-refractivity contribution in [1.29, 1.82) is 0 Å². The molecule has 6 nitrogen and oxygen atoms in total. The molecule has 0 aliphatic heterocycles. The maximum atomic E-state index is 5.62. The first kappa shape index (κ1) is 11.9. The first-order valence-corrected chi connectivity index (χ1v) is 6.72. The van der Waals surface area contributed by atoms with Crippen LogP contribution in [0.15, 0.2) is 17.5 Å². The van der Waals surface area contributed by atoms with Gasteiger partial charge in [-0.15, -0.1) is 11.3 Å². The fourth-order valence-electron chi connectivity index (χ4n) is 1.84. The summed E-state index contributed by atoms with van der Waals surface area (Å²) in [6.07, 6.45) is 0.640. The minimum atomic E-state index is 0.583. The van der Waals surface area contributed by atoms with Gasteiger partial charge in [-0.25, -0.2) is 15.0 Å². The van der Waals surface area contributed by atoms with E-state index >= 15 is 0 Å². The maximum absolute atomic E-state index is 5.62. The van der Waals surface area contributed by atoms with Crippen molar-refractivity contribution in [3.63, 3.8) is 0 Å². The standard InChI is InChI=1S/C12H14N6S/c1-18(2)10-4-3-8-11(17-10)16-9(15-8)5-7-6-19-12(13)14-7/h3-4,6H,5H2,1-2H3,(H2,13,14)(H,15,16,17). The van der Waals surface area contributed by atoms with Crippen LogP contribution in [0, 0.1) is 0 Å². The number of hydrogen-bond donors (Lipinski definition) is 2. The summed E-state index contributed by atoms with van der Waals surface area (Å²) in [7, 11) is 3.92. The van der Waals surface area contributed by atoms with Crippen LogP contribution in [0.5, 0.6) is 0 Å². The third-order valence-corrected chi connectivity index (χ3v) is 3.48. The van der Waals surface area contributed by atoms with Gasteiger partial charge in [-0.1, -0.05) is 0 Å². The zero-order valence-corrected chi connectivity index (χ0v) is 11.5. The van der Waals surface area contributed by atoms with Crippen LogP contribution in [-0.4, -0.2) is 34.0 Å². The van der Waals surface area contributed by atoms with Crippen molar-refractivity contribution < 1.29 is 0 Å². The van der Waals surface area contributed by atoms with Crippen molar-refractivity contribution in [3.05, 3.63) is 29.0 Å². The van der Waals surface area contributed by atoms with Gasteiger partial charge in [0.25, 0.3) is 0 Å². The third-order valence-electron chi connectivity index (χ3n) is 2.76. The molecule has 0 fully saturated rings. The molecule has 0 bridgehead atoms. The molecule has 0 aliphatic rings. The fourth-order valence-corrected chi connectivity index (χ4v) is 2.40. The van der Waals surface area contributed by atoms with Crippen LogP contribution in [0.3, 0.4) is 0 Å². The molecule has 7 heteroatoms. The van der Waals surface area contributed by atoms with Crippen molar-refractivity contribution in [3.8, 4) is 0 Å². The molecule has 3 rings (SSSR count). The number of H-pyrrole nitrogens is 1. The summed E-state index contributed by atoms with van der Waals surface area (Å²) in [4.78, 5) is 18.4. The number of aromatic nitrogens is 4. The summed E-state index contributed by atoms with van der Waals surface area (Å²) in [5.41, 5.74) is 8.21. The average molecular weight is 274 g/mol. The molecule has 3 heterocycles. The highest BCUT2D eigenvalue weighted by molar-refractivity contribution is 7.13. The fraction of sp³-hybridized carbons (Fsp3) is 0.250. The van der Waals surface area contributed by atoms with Gasteiger partial charge in [0.05, 0.1) is 11.2 Å². The van der Waals surface area contributed by atoms with Gasteiger partial charge >= 0.3 is 0 Å². The number of hydrogen-bond acceptors (Lipinski definition) is 6. The lowest BCUT2D eigenvalue weighted by atomic mass is 10.3. The highest BCUT2D eigenvalue weighted by Gasteiger charge is 2.08. The van der Waals surface area contributed by atoms with Crippen molar-refractivity contribution in [1.82, 2.24) is 19.9 Å². The van der Waals surface area contributed by atoms with E-state index in [4.69, 9.17) is 5.73 Å². The van der Waals surface area contributed by atoms with Crippen LogP contribution >= 0.6 is 11.3 Å². The van der Waals surface area contributed by atoms with E-state index in [-0.39, 0.29) is 0 Å². The number of nitrogens with two attached hydrogens (primary N) is 1. The number of pyridine rings is 1. The lowest BCUT2D eigenvalue weighted by Crippen LogP contribution is -2.10. The van der Waals surface area contributed by atoms with Crippen LogP contribution in [0.1, 0.15) is 11.5 Å². The van der Waals surface area contributed by atoms with Gasteiger partial charge in [-0.05, 0) is 12.1 Å². The van der Waals surface area contributed by atoms with Crippen LogP contribution < -0.4 is 10.6 Å². The smallest absolute Gasteiger partial charge is 0.180 e. The Kier molecular flexibility index (Phi) is 2.83. The van der Waals surface area contributed by atoms with Gasteiger partial charge in [0.15, 0.2) is 10.8 Å². The molecule has 0 atom stereocenters. The molecule has 0 spiro atoms. The van der Waals surface area contributed by atoms with Gasteiger partial charge in [0, 0.05) is 25.9 Å². The Hall–Kier alpha value is -2.15. The zero-order chi connectivity index (χ0) is 13.4. The van der Waals surface area contributed by atoms with Gasteiger partial charge in [-0.3, -0.25) is 0 Å². The van der Waals surface area contributed by atoms with E-state index in [9.17, 15) is 0 Å². The molecule has 3 N–H and O–H groups in total. The molecular formula is C12H14N6S. The Morgan fingerprint density at radius 3 is 2.79 bits per heavy atom. The van der Waals surface area contributed by atoms with Gasteiger partial charge in [0.2, 0.25) is 0 Å². The normalized spacial score (nSPS) is 11.1. The van der Waals surface area contributed by atoms with E-state index in [0.717, 1.165) is 28.5 Å². The van der Waals surface area contributed by atoms with Crippen molar-refractivity contribution in [2.24, 2.45) is 0 Å². The number of nitrogens with one attached hydrogen (secondary N) is 1. The SMILES string of the molecule is CN(C)c1ccc2[nH]c(Cc3csc(N)n3)nc2n1. The molecule has 0 amide bonds. The monoisotopic (exact) mass is 274 g/mol. The molecule has 3 aromatic heterocycles. The second-order valence-corrected chi connectivity index (χ2v) is 5.36. The number of aromatic amines is 1. The lowest BCUT2D eigenvalue weighted by molar-refractivity contribution is 0.998. The van der Waals surface area contributed by atoms with Gasteiger partial charge in [-0.2, -0.15) is 0 Å². The summed E-state index contributed by atoms with van der Waals surface area (Å²) in [5, 5.41) is 2.53. The average Bonchev–Trinajstić information content (AvgIpc) is 2.94. The Bertz CT molecular complexity index is 714. The van der Waals surface area contributed by atoms with Crippen molar-refractivity contribution in [2.45, 2.75) is 6.42 Å². The first-order valence-electron chi connectivity index (χ1n) is 5.84. The van der Waals surface area contributed by atoms with E-state index in [1.165, 1.54) is 11.3 Å². The predicted molar refractivity (Wildman–Crippen MR) is 77.5 cm³/mol. The number of fused-ring (bicyclic) bond motifs is 1. The molecule has 0 saturated carbocycles. The van der Waals surface area contributed by atoms with Crippen LogP contribution in [0.2, 0.25) is 0 Å². The topological polar surface area (TPSA) is 83.7 Å². The summed E-state index contributed by atoms with van der Waals surface area (Å²) < 4.78 is 0. The van der Waals surface area contributed by atoms with Crippen molar-refractivity contribution in [2.75, 3.05) is 24.7 Å². The molecule has 0 radical (unpaired) electrons. The Labute approximate surface area is 114 Å². The molecule has 0 saturated heterocycles. The van der Waals surface area contributed by atoms with Gasteiger partial charge in [0.1, 0.15) is 11.6 Å². The number of rotatable bonds is 3. The summed E-state index contributed by atoms with van der Waals surface area (Å²) >= 11 is 1.44. The van der Waals surface area contributed by atoms with E-state index in [1.807, 2.05) is 36.5 Å². The Balaban J connectivity index is 1.93. The summed E-state index contributed by atoms with van der Waals surface area (Å²) in [5.74, 6) is 1.74. The van der Waals surface area contributed by atoms with Crippen LogP contribution in [0.25, 0.3) is 11.2 Å². The second-order valence-electron chi connectivity index (χ2n) is 4.47. The zero-order valence-electron chi connectivity index (χ0n) is 10.7. The third kappa shape index (κ3) is 2.37. The number of nitrogen functional groups attached to an aromatic ring is 1. The first-order chi connectivity index (χ1) is 9.11. The van der Waals surface area contributed by atoms with Crippen LogP contribution in [0.4, 0.5) is 10.9 Å². The number of imidazole rings is 1. The summed E-state index contributed by atoms with van der Waals surface area (Å²) in [6, 6.07) is 3.95.